The molecule has 0 saturated carbocycles. The highest BCUT2D eigenvalue weighted by molar-refractivity contribution is 6.62. The predicted octanol–water partition coefficient (Wildman–Crippen LogP) is 3.50. The van der Waals surface area contributed by atoms with E-state index in [0.717, 1.165) is 12.2 Å². The van der Waals surface area contributed by atoms with Crippen LogP contribution in [0.1, 0.15) is 53.9 Å². The van der Waals surface area contributed by atoms with Crippen LogP contribution in [0.4, 0.5) is 10.1 Å². The van der Waals surface area contributed by atoms with Crippen molar-refractivity contribution >= 4 is 18.3 Å². The molecule has 0 radical (unpaired) electrons. The standard InChI is InChI=1S/C18H27BFNO2/c1-13-8-6-7-11-21(13)14-9-10-15(16(20)12-14)19-22-17(2,3)18(4,5)23-19/h9-10,12-13H,6-8,11H2,1-5H3/t13-/m1/s1. The summed E-state index contributed by atoms with van der Waals surface area (Å²) in [7, 11) is -0.646. The maximum Gasteiger partial charge on any atom is 0.497 e. The first-order valence-electron chi connectivity index (χ1n) is 8.63. The lowest BCUT2D eigenvalue weighted by Crippen LogP contribution is -2.41. The highest BCUT2D eigenvalue weighted by Crippen LogP contribution is 2.37. The molecule has 1 atom stereocenters. The van der Waals surface area contributed by atoms with Crippen LogP contribution in [0.3, 0.4) is 0 Å². The summed E-state index contributed by atoms with van der Waals surface area (Å²) in [5, 5.41) is 0. The Kier molecular flexibility index (Phi) is 4.22. The van der Waals surface area contributed by atoms with Crippen LogP contribution >= 0.6 is 0 Å². The van der Waals surface area contributed by atoms with Crippen LogP contribution in [-0.4, -0.2) is 30.9 Å². The smallest absolute Gasteiger partial charge is 0.399 e. The summed E-state index contributed by atoms with van der Waals surface area (Å²) < 4.78 is 26.6. The molecule has 0 unspecified atom stereocenters. The zero-order valence-corrected chi connectivity index (χ0v) is 14.9. The van der Waals surface area contributed by atoms with Crippen LogP contribution in [0.2, 0.25) is 0 Å². The van der Waals surface area contributed by atoms with Gasteiger partial charge in [-0.05, 0) is 66.0 Å². The minimum atomic E-state index is -0.646. The van der Waals surface area contributed by atoms with Crippen molar-refractivity contribution in [3.63, 3.8) is 0 Å². The number of hydrogen-bond acceptors (Lipinski definition) is 3. The summed E-state index contributed by atoms with van der Waals surface area (Å²) in [6.45, 7) is 11.1. The van der Waals surface area contributed by atoms with E-state index in [1.54, 1.807) is 6.07 Å². The Hall–Kier alpha value is -1.07. The first-order chi connectivity index (χ1) is 10.7. The van der Waals surface area contributed by atoms with Crippen LogP contribution in [0.5, 0.6) is 0 Å². The lowest BCUT2D eigenvalue weighted by Gasteiger charge is -2.35. The van der Waals surface area contributed by atoms with Crippen LogP contribution < -0.4 is 10.4 Å². The topological polar surface area (TPSA) is 21.7 Å². The monoisotopic (exact) mass is 319 g/mol. The van der Waals surface area contributed by atoms with Crippen LogP contribution in [0.25, 0.3) is 0 Å². The van der Waals surface area contributed by atoms with Crippen molar-refractivity contribution < 1.29 is 13.7 Å². The van der Waals surface area contributed by atoms with Gasteiger partial charge >= 0.3 is 7.12 Å². The highest BCUT2D eigenvalue weighted by Gasteiger charge is 2.52. The van der Waals surface area contributed by atoms with Crippen LogP contribution in [0.15, 0.2) is 18.2 Å². The summed E-state index contributed by atoms with van der Waals surface area (Å²) >= 11 is 0. The number of nitrogens with zero attached hydrogens (tertiary/aromatic N) is 1. The van der Waals surface area contributed by atoms with Crippen molar-refractivity contribution in [2.45, 2.75) is 71.1 Å². The number of halogens is 1. The number of piperidine rings is 1. The molecule has 3 nitrogen and oxygen atoms in total. The third-order valence-electron chi connectivity index (χ3n) is 5.63. The van der Waals surface area contributed by atoms with Gasteiger partial charge in [0.15, 0.2) is 0 Å². The Morgan fingerprint density at radius 3 is 2.35 bits per heavy atom. The molecule has 2 aliphatic heterocycles. The van der Waals surface area contributed by atoms with Crippen molar-refractivity contribution in [1.82, 2.24) is 0 Å². The molecule has 0 aromatic heterocycles. The average molecular weight is 319 g/mol. The first kappa shape index (κ1) is 16.8. The van der Waals surface area contributed by atoms with Gasteiger partial charge in [-0.2, -0.15) is 0 Å². The summed E-state index contributed by atoms with van der Waals surface area (Å²) in [5.74, 6) is -0.251. The summed E-state index contributed by atoms with van der Waals surface area (Å²) in [5.41, 5.74) is 0.529. The fourth-order valence-corrected chi connectivity index (χ4v) is 3.34. The van der Waals surface area contributed by atoms with Gasteiger partial charge in [0.25, 0.3) is 0 Å². The predicted molar refractivity (Wildman–Crippen MR) is 92.8 cm³/mol. The molecule has 126 valence electrons. The second-order valence-electron chi connectivity index (χ2n) is 7.83. The minimum absolute atomic E-state index is 0.251. The molecule has 2 fully saturated rings. The normalized spacial score (nSPS) is 26.6. The van der Waals surface area contributed by atoms with Crippen molar-refractivity contribution in [2.75, 3.05) is 11.4 Å². The Balaban J connectivity index is 1.83. The van der Waals surface area contributed by atoms with E-state index in [4.69, 9.17) is 9.31 Å². The zero-order valence-electron chi connectivity index (χ0n) is 14.9. The Morgan fingerprint density at radius 1 is 1.13 bits per heavy atom. The van der Waals surface area contributed by atoms with E-state index in [1.165, 1.54) is 19.3 Å². The number of rotatable bonds is 2. The van der Waals surface area contributed by atoms with E-state index in [1.807, 2.05) is 39.8 Å². The number of anilines is 1. The molecule has 0 N–H and O–H groups in total. The molecule has 3 rings (SSSR count). The largest absolute Gasteiger partial charge is 0.497 e. The number of hydrogen-bond donors (Lipinski definition) is 0. The van der Waals surface area contributed by atoms with Gasteiger partial charge in [0.1, 0.15) is 5.82 Å². The van der Waals surface area contributed by atoms with Gasteiger partial charge in [0, 0.05) is 23.7 Å². The Morgan fingerprint density at radius 2 is 1.78 bits per heavy atom. The van der Waals surface area contributed by atoms with Gasteiger partial charge in [-0.3, -0.25) is 0 Å². The maximum absolute atomic E-state index is 14.7. The summed E-state index contributed by atoms with van der Waals surface area (Å²) in [6, 6.07) is 5.90. The molecule has 2 heterocycles. The van der Waals surface area contributed by atoms with Gasteiger partial charge in [0.05, 0.1) is 11.2 Å². The zero-order chi connectivity index (χ0) is 16.8. The quantitative estimate of drug-likeness (QED) is 0.779. The molecular formula is C18H27BFNO2. The van der Waals surface area contributed by atoms with Gasteiger partial charge in [-0.15, -0.1) is 0 Å². The molecule has 5 heteroatoms. The first-order valence-corrected chi connectivity index (χ1v) is 8.63. The number of benzene rings is 1. The van der Waals surface area contributed by atoms with Gasteiger partial charge < -0.3 is 14.2 Å². The summed E-state index contributed by atoms with van der Waals surface area (Å²) in [4.78, 5) is 2.29. The van der Waals surface area contributed by atoms with E-state index in [9.17, 15) is 4.39 Å². The maximum atomic E-state index is 14.7. The van der Waals surface area contributed by atoms with Gasteiger partial charge in [-0.1, -0.05) is 6.07 Å². The lowest BCUT2D eigenvalue weighted by molar-refractivity contribution is 0.00578. The van der Waals surface area contributed by atoms with Gasteiger partial charge in [-0.25, -0.2) is 4.39 Å². The van der Waals surface area contributed by atoms with E-state index < -0.39 is 18.3 Å². The molecule has 2 aliphatic rings. The van der Waals surface area contributed by atoms with Crippen LogP contribution in [-0.2, 0) is 9.31 Å². The second kappa shape index (κ2) is 5.78. The van der Waals surface area contributed by atoms with Crippen LogP contribution in [0, 0.1) is 5.82 Å². The SMILES string of the molecule is C[C@@H]1CCCCN1c1ccc(B2OC(C)(C)C(C)(C)O2)c(F)c1. The van der Waals surface area contributed by atoms with Crippen molar-refractivity contribution in [3.05, 3.63) is 24.0 Å². The third kappa shape index (κ3) is 3.01. The fourth-order valence-electron chi connectivity index (χ4n) is 3.34. The molecular weight excluding hydrogens is 292 g/mol. The minimum Gasteiger partial charge on any atom is -0.399 e. The van der Waals surface area contributed by atoms with E-state index in [2.05, 4.69) is 11.8 Å². The van der Waals surface area contributed by atoms with E-state index in [0.29, 0.717) is 11.5 Å². The molecule has 0 bridgehead atoms. The molecule has 0 aliphatic carbocycles. The Bertz CT molecular complexity index is 574. The molecule has 0 amide bonds. The molecule has 2 saturated heterocycles. The van der Waals surface area contributed by atoms with Crippen molar-refractivity contribution in [2.24, 2.45) is 0 Å². The molecule has 1 aromatic carbocycles. The van der Waals surface area contributed by atoms with Crippen molar-refractivity contribution in [1.29, 1.82) is 0 Å². The van der Waals surface area contributed by atoms with E-state index in [-0.39, 0.29) is 5.82 Å². The van der Waals surface area contributed by atoms with E-state index >= 15 is 0 Å². The van der Waals surface area contributed by atoms with Crippen molar-refractivity contribution in [3.8, 4) is 0 Å². The Labute approximate surface area is 139 Å². The third-order valence-corrected chi connectivity index (χ3v) is 5.63. The fraction of sp³-hybridized carbons (Fsp3) is 0.667. The average Bonchev–Trinajstić information content (AvgIpc) is 2.67. The van der Waals surface area contributed by atoms with Gasteiger partial charge in [0.2, 0.25) is 0 Å². The highest BCUT2D eigenvalue weighted by atomic mass is 19.1. The second-order valence-corrected chi connectivity index (χ2v) is 7.83. The lowest BCUT2D eigenvalue weighted by atomic mass is 9.78. The summed E-state index contributed by atoms with van der Waals surface area (Å²) in [6.07, 6.45) is 3.59. The molecule has 1 aromatic rings. The molecule has 0 spiro atoms. The molecule has 23 heavy (non-hydrogen) atoms.